The average molecular weight is 1250 g/mol. The molecule has 1 aliphatic rings. The van der Waals surface area contributed by atoms with Crippen LogP contribution < -0.4 is 16.7 Å². The highest BCUT2D eigenvalue weighted by atomic mass is 16.1. The summed E-state index contributed by atoms with van der Waals surface area (Å²) in [4.78, 5) is 47.7. The second kappa shape index (κ2) is 18.1. The van der Waals surface area contributed by atoms with E-state index in [2.05, 4.69) is 266 Å². The van der Waals surface area contributed by atoms with E-state index in [9.17, 15) is 0 Å². The molecule has 23 rings (SSSR count). The van der Waals surface area contributed by atoms with Gasteiger partial charge in [0.15, 0.2) is 0 Å². The zero-order valence-corrected chi connectivity index (χ0v) is 52.9. The minimum Gasteiger partial charge on any atom is -0.309 e. The summed E-state index contributed by atoms with van der Waals surface area (Å²) in [5, 5.41) is 17.6. The smallest absolute Gasteiger partial charge is 0.263 e. The highest BCUT2D eigenvalue weighted by Gasteiger charge is 2.38. The maximum atomic E-state index is 16.7. The molecule has 0 radical (unpaired) electrons. The summed E-state index contributed by atoms with van der Waals surface area (Å²) in [6.07, 6.45) is 0. The lowest BCUT2D eigenvalue weighted by atomic mass is 9.82. The lowest BCUT2D eigenvalue weighted by molar-refractivity contribution is 0.661. The molecule has 0 N–H and O–H groups in total. The fourth-order valence-corrected chi connectivity index (χ4v) is 18.5. The van der Waals surface area contributed by atoms with E-state index in [4.69, 9.17) is 0 Å². The number of hydrogen-bond acceptors (Lipinski definition) is 3. The number of pyridine rings is 3. The van der Waals surface area contributed by atoms with E-state index < -0.39 is 0 Å². The molecule has 454 valence electrons. The highest BCUT2D eigenvalue weighted by Crippen LogP contribution is 2.54. The first-order valence-electron chi connectivity index (χ1n) is 33.6. The molecule has 8 heterocycles. The van der Waals surface area contributed by atoms with Crippen molar-refractivity contribution in [3.63, 3.8) is 0 Å². The van der Waals surface area contributed by atoms with Crippen LogP contribution in [0.3, 0.4) is 0 Å². The van der Waals surface area contributed by atoms with Crippen LogP contribution in [0, 0.1) is 0 Å². The van der Waals surface area contributed by atoms with Crippen molar-refractivity contribution >= 4 is 158 Å². The SMILES string of the molecule is CC1(C)c2ccccc2-c2c1ccc1c3cc(-c4ccc5c(c4)c(=O)n4c6c5ccc(-c5ccc7c(c5)c(=O)n5c8cc9c%10ccccc%10n(-c%10ccccc%10)c9cc8c8cccc7c85)c6c5ccc6c(c7ccccc7n6-c6ccccc6)c54)cc4c5ccccc5c(=O)n(c21)c43. The van der Waals surface area contributed by atoms with Gasteiger partial charge in [-0.3, -0.25) is 27.6 Å². The Morgan fingerprint density at radius 1 is 0.245 bits per heavy atom. The molecule has 1 aliphatic carbocycles. The first kappa shape index (κ1) is 52.5. The molecular formula is C90H51N5O3. The summed E-state index contributed by atoms with van der Waals surface area (Å²) in [5.74, 6) is 0. The van der Waals surface area contributed by atoms with Crippen LogP contribution >= 0.6 is 0 Å². The number of aromatic nitrogens is 5. The predicted molar refractivity (Wildman–Crippen MR) is 406 cm³/mol. The molecule has 0 amide bonds. The van der Waals surface area contributed by atoms with Gasteiger partial charge in [0, 0.05) is 109 Å². The highest BCUT2D eigenvalue weighted by molar-refractivity contribution is 6.33. The average Bonchev–Trinajstić information content (AvgIpc) is 1.55. The standard InChI is InChI=1S/C90H51N5O3/c1-90(2)72-29-14-11-25-63(72)80-73(90)40-38-61-69-45-50(44-68-54-22-9-10-24-62(54)87(96)94(83(68)69)85(61)80)48-32-34-56-60-37-36-53(79-65-39-41-76-81(86(65)95(84(60)79)89(98)70(56)42-48)64-26-13-16-31-75(64)91(76)51-18-5-3-6-19-51)49-33-35-55-58-27-17-28-59-67-47-77-66(46-78(67)93(82(58)59)88(97)71(55)43-49)57-23-12-15-30-74(57)92(77)52-20-7-4-8-21-52/h3-47H,1-2H3. The van der Waals surface area contributed by atoms with Crippen LogP contribution in [0.4, 0.5) is 0 Å². The quantitative estimate of drug-likeness (QED) is 0.165. The molecule has 0 bridgehead atoms. The second-order valence-corrected chi connectivity index (χ2v) is 27.7. The van der Waals surface area contributed by atoms with Gasteiger partial charge >= 0.3 is 0 Å². The lowest BCUT2D eigenvalue weighted by Gasteiger charge is -2.21. The number of fused-ring (bicyclic) bond motifs is 26. The summed E-state index contributed by atoms with van der Waals surface area (Å²) >= 11 is 0. The van der Waals surface area contributed by atoms with E-state index in [1.54, 1.807) is 0 Å². The van der Waals surface area contributed by atoms with Gasteiger partial charge in [-0.1, -0.05) is 202 Å². The van der Waals surface area contributed by atoms with Crippen LogP contribution in [0.2, 0.25) is 0 Å². The molecule has 0 spiro atoms. The summed E-state index contributed by atoms with van der Waals surface area (Å²) in [5.41, 5.74) is 19.5. The van der Waals surface area contributed by atoms with Crippen molar-refractivity contribution in [3.05, 3.63) is 315 Å². The molecule has 0 saturated heterocycles. The maximum Gasteiger partial charge on any atom is 0.263 e. The van der Waals surface area contributed by atoms with Gasteiger partial charge in [0.2, 0.25) is 0 Å². The number of hydrogen-bond donors (Lipinski definition) is 0. The Morgan fingerprint density at radius 2 is 0.724 bits per heavy atom. The largest absolute Gasteiger partial charge is 0.309 e. The summed E-state index contributed by atoms with van der Waals surface area (Å²) in [6.45, 7) is 4.57. The Labute approximate surface area is 555 Å². The van der Waals surface area contributed by atoms with Crippen LogP contribution in [0.25, 0.3) is 202 Å². The first-order valence-corrected chi connectivity index (χ1v) is 33.6. The van der Waals surface area contributed by atoms with Crippen LogP contribution in [-0.4, -0.2) is 22.3 Å². The molecule has 8 aromatic heterocycles. The van der Waals surface area contributed by atoms with Gasteiger partial charge in [0.1, 0.15) is 0 Å². The van der Waals surface area contributed by atoms with Gasteiger partial charge in [-0.25, -0.2) is 0 Å². The molecule has 0 aliphatic heterocycles. The molecule has 98 heavy (non-hydrogen) atoms. The van der Waals surface area contributed by atoms with Crippen molar-refractivity contribution in [3.8, 4) is 44.8 Å². The van der Waals surface area contributed by atoms with Gasteiger partial charge in [-0.15, -0.1) is 0 Å². The van der Waals surface area contributed by atoms with Crippen LogP contribution in [0.15, 0.2) is 287 Å². The maximum absolute atomic E-state index is 16.7. The fraction of sp³-hybridized carbons (Fsp3) is 0.0333. The van der Waals surface area contributed by atoms with Crippen molar-refractivity contribution in [1.82, 2.24) is 22.3 Å². The molecule has 22 aromatic rings. The fourth-order valence-electron chi connectivity index (χ4n) is 18.5. The van der Waals surface area contributed by atoms with E-state index in [0.29, 0.717) is 16.2 Å². The van der Waals surface area contributed by atoms with E-state index in [0.717, 1.165) is 186 Å². The Bertz CT molecular complexity index is 7640. The van der Waals surface area contributed by atoms with Gasteiger partial charge in [0.05, 0.1) is 55.2 Å². The third kappa shape index (κ3) is 6.30. The number of rotatable bonds is 4. The second-order valence-electron chi connectivity index (χ2n) is 27.7. The summed E-state index contributed by atoms with van der Waals surface area (Å²) < 4.78 is 10.6. The predicted octanol–water partition coefficient (Wildman–Crippen LogP) is 21.1. The molecule has 0 saturated carbocycles. The number of para-hydroxylation sites is 5. The van der Waals surface area contributed by atoms with Crippen LogP contribution in [0.5, 0.6) is 0 Å². The number of nitrogens with zero attached hydrogens (tertiary/aromatic N) is 5. The van der Waals surface area contributed by atoms with Crippen molar-refractivity contribution in [1.29, 1.82) is 0 Å². The monoisotopic (exact) mass is 1250 g/mol. The first-order chi connectivity index (χ1) is 48.2. The van der Waals surface area contributed by atoms with Crippen LogP contribution in [-0.2, 0) is 5.41 Å². The molecule has 14 aromatic carbocycles. The van der Waals surface area contributed by atoms with Crippen LogP contribution in [0.1, 0.15) is 25.0 Å². The van der Waals surface area contributed by atoms with Crippen molar-refractivity contribution in [2.75, 3.05) is 0 Å². The van der Waals surface area contributed by atoms with Gasteiger partial charge in [-0.05, 0) is 140 Å². The Kier molecular flexibility index (Phi) is 9.69. The zero-order chi connectivity index (χ0) is 64.5. The Morgan fingerprint density at radius 3 is 1.49 bits per heavy atom. The minimum atomic E-state index is -0.261. The third-order valence-corrected chi connectivity index (χ3v) is 22.7. The topological polar surface area (TPSA) is 74.3 Å². The minimum absolute atomic E-state index is 0.0305. The molecular weight excluding hydrogens is 1200 g/mol. The van der Waals surface area contributed by atoms with E-state index >= 15 is 14.4 Å². The van der Waals surface area contributed by atoms with Crippen molar-refractivity contribution in [2.24, 2.45) is 0 Å². The Balaban J connectivity index is 0.792. The van der Waals surface area contributed by atoms with Gasteiger partial charge < -0.3 is 9.13 Å². The zero-order valence-electron chi connectivity index (χ0n) is 52.9. The van der Waals surface area contributed by atoms with Gasteiger partial charge in [0.25, 0.3) is 16.7 Å². The lowest BCUT2D eigenvalue weighted by Crippen LogP contribution is -2.15. The van der Waals surface area contributed by atoms with Crippen molar-refractivity contribution in [2.45, 2.75) is 19.3 Å². The molecule has 0 fully saturated rings. The van der Waals surface area contributed by atoms with E-state index in [-0.39, 0.29) is 22.1 Å². The third-order valence-electron chi connectivity index (χ3n) is 22.7. The molecule has 0 unspecified atom stereocenters. The summed E-state index contributed by atoms with van der Waals surface area (Å²) in [6, 6.07) is 96.3. The summed E-state index contributed by atoms with van der Waals surface area (Å²) in [7, 11) is 0. The number of benzene rings is 14. The van der Waals surface area contributed by atoms with Crippen molar-refractivity contribution < 1.29 is 0 Å². The van der Waals surface area contributed by atoms with Gasteiger partial charge in [-0.2, -0.15) is 0 Å². The normalized spacial score (nSPS) is 13.4. The Hall–Kier alpha value is -12.9. The van der Waals surface area contributed by atoms with E-state index in [1.807, 2.05) is 43.5 Å². The molecule has 0 atom stereocenters. The molecule has 8 heteroatoms. The molecule has 8 nitrogen and oxygen atoms in total. The van der Waals surface area contributed by atoms with E-state index in [1.165, 1.54) is 11.1 Å².